The summed E-state index contributed by atoms with van der Waals surface area (Å²) in [5, 5.41) is 18.3. The monoisotopic (exact) mass is 254 g/mol. The lowest BCUT2D eigenvalue weighted by atomic mass is 10.0. The number of ether oxygens (including phenoxy) is 2. The van der Waals surface area contributed by atoms with Crippen LogP contribution in [0.25, 0.3) is 0 Å². The fourth-order valence-corrected chi connectivity index (χ4v) is 1.48. The Balaban J connectivity index is 3.06. The second-order valence-electron chi connectivity index (χ2n) is 3.54. The lowest BCUT2D eigenvalue weighted by Crippen LogP contribution is -2.06. The van der Waals surface area contributed by atoms with Crippen LogP contribution in [0.15, 0.2) is 12.1 Å². The summed E-state index contributed by atoms with van der Waals surface area (Å²) in [5.41, 5.74) is -0.0282. The SMILES string of the molecule is COc1cc(O)c(C(=O)CCC(=O)O)c(OC)c1. The normalized spacial score (nSPS) is 9.89. The number of benzene rings is 1. The highest BCUT2D eigenvalue weighted by Gasteiger charge is 2.19. The van der Waals surface area contributed by atoms with Crippen LogP contribution in [0.3, 0.4) is 0 Å². The summed E-state index contributed by atoms with van der Waals surface area (Å²) < 4.78 is 9.91. The molecule has 0 heterocycles. The smallest absolute Gasteiger partial charge is 0.303 e. The number of phenolic OH excluding ortho intramolecular Hbond substituents is 1. The van der Waals surface area contributed by atoms with Gasteiger partial charge in [-0.1, -0.05) is 0 Å². The Morgan fingerprint density at radius 3 is 2.33 bits per heavy atom. The first-order valence-corrected chi connectivity index (χ1v) is 5.19. The topological polar surface area (TPSA) is 93.1 Å². The molecule has 0 aliphatic carbocycles. The number of phenols is 1. The molecule has 6 nitrogen and oxygen atoms in total. The van der Waals surface area contributed by atoms with E-state index in [4.69, 9.17) is 14.6 Å². The first-order chi connectivity index (χ1) is 8.49. The quantitative estimate of drug-likeness (QED) is 0.746. The van der Waals surface area contributed by atoms with Crippen LogP contribution in [0.5, 0.6) is 17.2 Å². The van der Waals surface area contributed by atoms with Gasteiger partial charge in [0.1, 0.15) is 22.8 Å². The van der Waals surface area contributed by atoms with Crippen molar-refractivity contribution < 1.29 is 29.3 Å². The number of aromatic hydroxyl groups is 1. The summed E-state index contributed by atoms with van der Waals surface area (Å²) >= 11 is 0. The molecular formula is C12H14O6. The third-order valence-corrected chi connectivity index (χ3v) is 2.36. The third kappa shape index (κ3) is 3.13. The van der Waals surface area contributed by atoms with Crippen LogP contribution in [-0.2, 0) is 4.79 Å². The van der Waals surface area contributed by atoms with E-state index < -0.39 is 11.8 Å². The van der Waals surface area contributed by atoms with E-state index in [1.165, 1.54) is 26.4 Å². The molecule has 0 aromatic heterocycles. The van der Waals surface area contributed by atoms with Crippen molar-refractivity contribution in [3.05, 3.63) is 17.7 Å². The Morgan fingerprint density at radius 2 is 1.83 bits per heavy atom. The molecule has 0 spiro atoms. The van der Waals surface area contributed by atoms with E-state index in [9.17, 15) is 14.7 Å². The predicted molar refractivity (Wildman–Crippen MR) is 62.4 cm³/mol. The number of Topliss-reactive ketones (excluding diaryl/α,β-unsaturated/α-hetero) is 1. The largest absolute Gasteiger partial charge is 0.507 e. The van der Waals surface area contributed by atoms with E-state index in [1.54, 1.807) is 0 Å². The zero-order chi connectivity index (χ0) is 13.7. The number of carboxylic acids is 1. The van der Waals surface area contributed by atoms with Crippen LogP contribution in [0.2, 0.25) is 0 Å². The number of aliphatic carboxylic acids is 1. The standard InChI is InChI=1S/C12H14O6/c1-17-7-5-9(14)12(10(6-7)18-2)8(13)3-4-11(15)16/h5-6,14H,3-4H2,1-2H3,(H,15,16). The Kier molecular flexibility index (Phi) is 4.53. The van der Waals surface area contributed by atoms with Crippen LogP contribution < -0.4 is 9.47 Å². The lowest BCUT2D eigenvalue weighted by molar-refractivity contribution is -0.136. The van der Waals surface area contributed by atoms with Gasteiger partial charge in [0.15, 0.2) is 5.78 Å². The second kappa shape index (κ2) is 5.90. The van der Waals surface area contributed by atoms with Gasteiger partial charge in [0.05, 0.1) is 20.6 Å². The molecule has 6 heteroatoms. The van der Waals surface area contributed by atoms with Crippen LogP contribution in [0, 0.1) is 0 Å². The molecule has 2 N–H and O–H groups in total. The van der Waals surface area contributed by atoms with Crippen LogP contribution in [0.4, 0.5) is 0 Å². The van der Waals surface area contributed by atoms with Crippen LogP contribution in [0.1, 0.15) is 23.2 Å². The molecule has 0 amide bonds. The Hall–Kier alpha value is -2.24. The number of ketones is 1. The molecular weight excluding hydrogens is 240 g/mol. The average molecular weight is 254 g/mol. The number of carboxylic acid groups (broad SMARTS) is 1. The van der Waals surface area contributed by atoms with Crippen LogP contribution in [-0.4, -0.2) is 36.2 Å². The summed E-state index contributed by atoms with van der Waals surface area (Å²) in [6, 6.07) is 2.73. The van der Waals surface area contributed by atoms with Gasteiger partial charge in [-0.15, -0.1) is 0 Å². The maximum absolute atomic E-state index is 11.8. The van der Waals surface area contributed by atoms with Crippen molar-refractivity contribution in [3.8, 4) is 17.2 Å². The Morgan fingerprint density at radius 1 is 1.17 bits per heavy atom. The first kappa shape index (κ1) is 13.8. The fraction of sp³-hybridized carbons (Fsp3) is 0.333. The molecule has 0 unspecified atom stereocenters. The highest BCUT2D eigenvalue weighted by atomic mass is 16.5. The average Bonchev–Trinajstić information content (AvgIpc) is 2.34. The molecule has 0 radical (unpaired) electrons. The van der Waals surface area contributed by atoms with Crippen molar-refractivity contribution in [2.45, 2.75) is 12.8 Å². The molecule has 0 aliphatic heterocycles. The summed E-state index contributed by atoms with van der Waals surface area (Å²) in [4.78, 5) is 22.2. The van der Waals surface area contributed by atoms with Crippen molar-refractivity contribution in [2.75, 3.05) is 14.2 Å². The number of rotatable bonds is 6. The van der Waals surface area contributed by atoms with Gasteiger partial charge in [0.2, 0.25) is 0 Å². The summed E-state index contributed by atoms with van der Waals surface area (Å²) in [5.74, 6) is -1.35. The van der Waals surface area contributed by atoms with Gasteiger partial charge in [-0.3, -0.25) is 9.59 Å². The summed E-state index contributed by atoms with van der Waals surface area (Å²) in [6.07, 6.45) is -0.501. The van der Waals surface area contributed by atoms with Gasteiger partial charge >= 0.3 is 5.97 Å². The maximum Gasteiger partial charge on any atom is 0.303 e. The maximum atomic E-state index is 11.8. The minimum absolute atomic E-state index is 0.0282. The Bertz CT molecular complexity index is 466. The van der Waals surface area contributed by atoms with Crippen molar-refractivity contribution in [3.63, 3.8) is 0 Å². The van der Waals surface area contributed by atoms with E-state index >= 15 is 0 Å². The number of hydrogen-bond donors (Lipinski definition) is 2. The molecule has 1 aromatic carbocycles. The van der Waals surface area contributed by atoms with Gasteiger partial charge in [0, 0.05) is 18.6 Å². The van der Waals surface area contributed by atoms with Gasteiger partial charge in [-0.2, -0.15) is 0 Å². The fourth-order valence-electron chi connectivity index (χ4n) is 1.48. The lowest BCUT2D eigenvalue weighted by Gasteiger charge is -2.11. The molecule has 98 valence electrons. The van der Waals surface area contributed by atoms with E-state index in [0.717, 1.165) is 0 Å². The summed E-state index contributed by atoms with van der Waals surface area (Å²) in [6.45, 7) is 0. The van der Waals surface area contributed by atoms with Gasteiger partial charge in [0.25, 0.3) is 0 Å². The predicted octanol–water partition coefficient (Wildman–Crippen LogP) is 1.46. The van der Waals surface area contributed by atoms with Crippen molar-refractivity contribution >= 4 is 11.8 Å². The highest BCUT2D eigenvalue weighted by Crippen LogP contribution is 2.34. The molecule has 1 aromatic rings. The first-order valence-electron chi connectivity index (χ1n) is 5.19. The minimum atomic E-state index is -1.07. The van der Waals surface area contributed by atoms with E-state index in [-0.39, 0.29) is 29.9 Å². The van der Waals surface area contributed by atoms with Crippen molar-refractivity contribution in [1.29, 1.82) is 0 Å². The minimum Gasteiger partial charge on any atom is -0.507 e. The molecule has 0 aliphatic rings. The third-order valence-electron chi connectivity index (χ3n) is 2.36. The molecule has 0 saturated heterocycles. The zero-order valence-corrected chi connectivity index (χ0v) is 10.1. The zero-order valence-electron chi connectivity index (χ0n) is 10.1. The number of carbonyl (C=O) groups is 2. The molecule has 0 fully saturated rings. The second-order valence-corrected chi connectivity index (χ2v) is 3.54. The van der Waals surface area contributed by atoms with E-state index in [2.05, 4.69) is 0 Å². The number of hydrogen-bond acceptors (Lipinski definition) is 5. The molecule has 18 heavy (non-hydrogen) atoms. The van der Waals surface area contributed by atoms with Crippen molar-refractivity contribution in [2.24, 2.45) is 0 Å². The van der Waals surface area contributed by atoms with E-state index in [0.29, 0.717) is 5.75 Å². The van der Waals surface area contributed by atoms with Crippen molar-refractivity contribution in [1.82, 2.24) is 0 Å². The Labute approximate surface area is 104 Å². The highest BCUT2D eigenvalue weighted by molar-refractivity contribution is 6.02. The summed E-state index contributed by atoms with van der Waals surface area (Å²) in [7, 11) is 2.77. The number of methoxy groups -OCH3 is 2. The van der Waals surface area contributed by atoms with Gasteiger partial charge in [-0.25, -0.2) is 0 Å². The molecule has 1 rings (SSSR count). The van der Waals surface area contributed by atoms with Gasteiger partial charge in [-0.05, 0) is 0 Å². The van der Waals surface area contributed by atoms with E-state index in [1.807, 2.05) is 0 Å². The molecule has 0 bridgehead atoms. The molecule has 0 atom stereocenters. The van der Waals surface area contributed by atoms with Gasteiger partial charge < -0.3 is 19.7 Å². The van der Waals surface area contributed by atoms with Crippen LogP contribution >= 0.6 is 0 Å². The number of carbonyl (C=O) groups excluding carboxylic acids is 1. The molecule has 0 saturated carbocycles.